The predicted octanol–water partition coefficient (Wildman–Crippen LogP) is 2.64. The molecule has 0 unspecified atom stereocenters. The summed E-state index contributed by atoms with van der Waals surface area (Å²) < 4.78 is 34.2. The fourth-order valence-corrected chi connectivity index (χ4v) is 5.49. The van der Waals surface area contributed by atoms with E-state index in [9.17, 15) is 13.2 Å². The van der Waals surface area contributed by atoms with Crippen LogP contribution >= 0.6 is 0 Å². The van der Waals surface area contributed by atoms with Gasteiger partial charge in [-0.3, -0.25) is 4.57 Å². The molecule has 0 atom stereocenters. The van der Waals surface area contributed by atoms with Gasteiger partial charge >= 0.3 is 5.76 Å². The number of oxazole rings is 1. The average Bonchev–Trinajstić information content (AvgIpc) is 3.06. The molecule has 1 aliphatic rings. The van der Waals surface area contributed by atoms with Gasteiger partial charge in [0.1, 0.15) is 0 Å². The highest BCUT2D eigenvalue weighted by Gasteiger charge is 2.31. The molecule has 0 aliphatic carbocycles. The lowest BCUT2D eigenvalue weighted by atomic mass is 9.94. The van der Waals surface area contributed by atoms with Crippen LogP contribution in [0.3, 0.4) is 0 Å². The average molecular weight is 424 g/mol. The monoisotopic (exact) mass is 424 g/mol. The first kappa shape index (κ1) is 19.0. The highest BCUT2D eigenvalue weighted by molar-refractivity contribution is 7.89. The number of hydrogen-bond donors (Lipinski definition) is 0. The molecule has 0 amide bonds. The number of sulfonamides is 1. The molecule has 0 bridgehead atoms. The van der Waals surface area contributed by atoms with E-state index >= 15 is 0 Å². The summed E-state index contributed by atoms with van der Waals surface area (Å²) in [6.07, 6.45) is 3.11. The van der Waals surface area contributed by atoms with E-state index in [1.807, 2.05) is 24.3 Å². The third-order valence-electron chi connectivity index (χ3n) is 5.76. The molecule has 0 spiro atoms. The second-order valence-electron chi connectivity index (χ2n) is 7.52. The lowest BCUT2D eigenvalue weighted by Crippen LogP contribution is -2.38. The third-order valence-corrected chi connectivity index (χ3v) is 7.65. The van der Waals surface area contributed by atoms with Crippen molar-refractivity contribution >= 4 is 32.2 Å². The van der Waals surface area contributed by atoms with E-state index in [4.69, 9.17) is 4.42 Å². The van der Waals surface area contributed by atoms with Crippen molar-refractivity contribution in [1.82, 2.24) is 18.8 Å². The van der Waals surface area contributed by atoms with Crippen molar-refractivity contribution < 1.29 is 12.8 Å². The second kappa shape index (κ2) is 7.03. The Labute approximate surface area is 172 Å². The minimum atomic E-state index is -3.66. The Kier molecular flexibility index (Phi) is 4.44. The molecule has 0 N–H and O–H groups in total. The molecule has 5 rings (SSSR count). The van der Waals surface area contributed by atoms with Crippen LogP contribution in [0.25, 0.3) is 22.1 Å². The molecule has 9 heteroatoms. The molecule has 1 aromatic carbocycles. The van der Waals surface area contributed by atoms with Gasteiger partial charge in [0.15, 0.2) is 11.2 Å². The molecular formula is C21H20N4O4S. The summed E-state index contributed by atoms with van der Waals surface area (Å²) in [6, 6.07) is 12.4. The third kappa shape index (κ3) is 3.10. The summed E-state index contributed by atoms with van der Waals surface area (Å²) in [7, 11) is -2.10. The van der Waals surface area contributed by atoms with Crippen LogP contribution in [0.5, 0.6) is 0 Å². The summed E-state index contributed by atoms with van der Waals surface area (Å²) in [5.41, 5.74) is 2.50. The Morgan fingerprint density at radius 3 is 2.70 bits per heavy atom. The van der Waals surface area contributed by atoms with E-state index in [-0.39, 0.29) is 10.8 Å². The van der Waals surface area contributed by atoms with Gasteiger partial charge in [-0.15, -0.1) is 0 Å². The normalized spacial score (nSPS) is 16.4. The molecule has 154 valence electrons. The van der Waals surface area contributed by atoms with E-state index in [1.54, 1.807) is 13.2 Å². The number of fused-ring (bicyclic) bond motifs is 2. The van der Waals surface area contributed by atoms with E-state index in [1.165, 1.54) is 27.1 Å². The minimum absolute atomic E-state index is 0.165. The highest BCUT2D eigenvalue weighted by atomic mass is 32.2. The largest absolute Gasteiger partial charge is 0.419 e. The van der Waals surface area contributed by atoms with Crippen LogP contribution in [0.1, 0.15) is 24.5 Å². The lowest BCUT2D eigenvalue weighted by Gasteiger charge is -2.31. The first-order valence-electron chi connectivity index (χ1n) is 9.75. The first-order valence-corrected chi connectivity index (χ1v) is 11.2. The molecule has 0 radical (unpaired) electrons. The maximum absolute atomic E-state index is 13.1. The fraction of sp³-hybridized carbons (Fsp3) is 0.286. The van der Waals surface area contributed by atoms with Crippen molar-refractivity contribution in [2.75, 3.05) is 13.1 Å². The Morgan fingerprint density at radius 1 is 1.10 bits per heavy atom. The van der Waals surface area contributed by atoms with Crippen LogP contribution in [0.2, 0.25) is 0 Å². The molecule has 4 heterocycles. The zero-order chi connectivity index (χ0) is 20.9. The van der Waals surface area contributed by atoms with Gasteiger partial charge in [0.05, 0.1) is 10.4 Å². The van der Waals surface area contributed by atoms with Crippen LogP contribution in [0.15, 0.2) is 62.8 Å². The van der Waals surface area contributed by atoms with Crippen molar-refractivity contribution in [2.24, 2.45) is 7.05 Å². The SMILES string of the molecule is Cn1c(=O)oc2ccc(S(=O)(=O)N3CCC(c4ccc5cccnc5n4)CC3)cc21. The van der Waals surface area contributed by atoms with Gasteiger partial charge in [-0.05, 0) is 55.3 Å². The van der Waals surface area contributed by atoms with Gasteiger partial charge in [0.2, 0.25) is 10.0 Å². The summed E-state index contributed by atoms with van der Waals surface area (Å²) in [4.78, 5) is 20.8. The quantitative estimate of drug-likeness (QED) is 0.501. The van der Waals surface area contributed by atoms with Crippen LogP contribution in [-0.2, 0) is 17.1 Å². The van der Waals surface area contributed by atoms with Crippen molar-refractivity contribution in [1.29, 1.82) is 0 Å². The number of hydrogen-bond acceptors (Lipinski definition) is 6. The van der Waals surface area contributed by atoms with Crippen molar-refractivity contribution in [3.63, 3.8) is 0 Å². The molecule has 4 aromatic rings. The number of benzene rings is 1. The zero-order valence-electron chi connectivity index (χ0n) is 16.4. The van der Waals surface area contributed by atoms with Crippen LogP contribution in [0, 0.1) is 0 Å². The van der Waals surface area contributed by atoms with Gasteiger partial charge < -0.3 is 4.42 Å². The zero-order valence-corrected chi connectivity index (χ0v) is 17.2. The molecule has 1 aliphatic heterocycles. The van der Waals surface area contributed by atoms with E-state index in [0.717, 1.165) is 11.1 Å². The molecule has 30 heavy (non-hydrogen) atoms. The molecule has 8 nitrogen and oxygen atoms in total. The van der Waals surface area contributed by atoms with Crippen molar-refractivity contribution in [3.8, 4) is 0 Å². The number of aromatic nitrogens is 3. The Balaban J connectivity index is 1.37. The van der Waals surface area contributed by atoms with Crippen molar-refractivity contribution in [2.45, 2.75) is 23.7 Å². The Morgan fingerprint density at radius 2 is 1.90 bits per heavy atom. The summed E-state index contributed by atoms with van der Waals surface area (Å²) in [5.74, 6) is -0.322. The number of rotatable bonds is 3. The Hall–Kier alpha value is -3.04. The highest BCUT2D eigenvalue weighted by Crippen LogP contribution is 2.31. The first-order chi connectivity index (χ1) is 14.4. The summed E-state index contributed by atoms with van der Waals surface area (Å²) in [5, 5.41) is 0.991. The van der Waals surface area contributed by atoms with Crippen LogP contribution in [-0.4, -0.2) is 40.3 Å². The van der Waals surface area contributed by atoms with E-state index < -0.39 is 15.8 Å². The van der Waals surface area contributed by atoms with Gasteiger partial charge in [0, 0.05) is 43.3 Å². The minimum Gasteiger partial charge on any atom is -0.408 e. The molecular weight excluding hydrogens is 404 g/mol. The number of aryl methyl sites for hydroxylation is 1. The lowest BCUT2D eigenvalue weighted by molar-refractivity contribution is 0.317. The number of nitrogens with zero attached hydrogens (tertiary/aromatic N) is 4. The second-order valence-corrected chi connectivity index (χ2v) is 9.46. The van der Waals surface area contributed by atoms with Crippen LogP contribution < -0.4 is 5.76 Å². The van der Waals surface area contributed by atoms with Gasteiger partial charge in [-0.2, -0.15) is 4.31 Å². The topological polar surface area (TPSA) is 98.3 Å². The Bertz CT molecular complexity index is 1420. The molecule has 0 saturated carbocycles. The van der Waals surface area contributed by atoms with Crippen molar-refractivity contribution in [3.05, 3.63) is 64.9 Å². The number of piperidine rings is 1. The van der Waals surface area contributed by atoms with Gasteiger partial charge in [0.25, 0.3) is 0 Å². The summed E-state index contributed by atoms with van der Waals surface area (Å²) >= 11 is 0. The number of pyridine rings is 2. The fourth-order valence-electron chi connectivity index (χ4n) is 4.00. The predicted molar refractivity (Wildman–Crippen MR) is 112 cm³/mol. The van der Waals surface area contributed by atoms with Gasteiger partial charge in [-0.1, -0.05) is 0 Å². The van der Waals surface area contributed by atoms with E-state index in [2.05, 4.69) is 9.97 Å². The standard InChI is InChI=1S/C21H20N4O4S/c1-24-18-13-16(5-7-19(18)29-21(24)26)30(27,28)25-11-8-14(9-12-25)17-6-4-15-3-2-10-22-20(15)23-17/h2-7,10,13-14H,8-9,11-12H2,1H3. The van der Waals surface area contributed by atoms with Crippen LogP contribution in [0.4, 0.5) is 0 Å². The maximum Gasteiger partial charge on any atom is 0.419 e. The maximum atomic E-state index is 13.1. The molecule has 1 fully saturated rings. The van der Waals surface area contributed by atoms with Gasteiger partial charge in [-0.25, -0.2) is 23.2 Å². The molecule has 3 aromatic heterocycles. The summed E-state index contributed by atoms with van der Waals surface area (Å²) in [6.45, 7) is 0.828. The smallest absolute Gasteiger partial charge is 0.408 e. The van der Waals surface area contributed by atoms with E-state index in [0.29, 0.717) is 42.7 Å². The molecule has 1 saturated heterocycles.